The summed E-state index contributed by atoms with van der Waals surface area (Å²) in [6.45, 7) is 2.72. The number of hydrogen-bond acceptors (Lipinski definition) is 4. The van der Waals surface area contributed by atoms with Crippen LogP contribution in [-0.2, 0) is 0 Å². The van der Waals surface area contributed by atoms with Crippen LogP contribution in [0.4, 0.5) is 5.69 Å². The molecule has 2 aromatic carbocycles. The average Bonchev–Trinajstić information content (AvgIpc) is 2.59. The Hall–Kier alpha value is -2.04. The molecule has 1 aromatic heterocycles. The normalized spacial score (nSPS) is 11.2. The number of halogens is 1. The molecule has 0 saturated carbocycles. The van der Waals surface area contributed by atoms with Gasteiger partial charge in [-0.05, 0) is 42.8 Å². The van der Waals surface area contributed by atoms with Crippen molar-refractivity contribution in [2.45, 2.75) is 26.2 Å². The number of benzene rings is 2. The molecule has 0 fully saturated rings. The second-order valence-corrected chi connectivity index (χ2v) is 6.27. The summed E-state index contributed by atoms with van der Waals surface area (Å²) in [5.74, 6) is 0.737. The van der Waals surface area contributed by atoms with Crippen LogP contribution < -0.4 is 9.80 Å². The average molecular weight is 345 g/mol. The molecule has 0 aliphatic carbocycles. The molecule has 0 saturated heterocycles. The second-order valence-electron chi connectivity index (χ2n) is 5.84. The van der Waals surface area contributed by atoms with Gasteiger partial charge in [-0.25, -0.2) is 4.98 Å². The molecule has 0 aliphatic heterocycles. The van der Waals surface area contributed by atoms with E-state index in [1.54, 1.807) is 7.11 Å². The van der Waals surface area contributed by atoms with Gasteiger partial charge in [-0.2, -0.15) is 0 Å². The Morgan fingerprint density at radius 2 is 1.92 bits per heavy atom. The monoisotopic (exact) mass is 344 g/mol. The van der Waals surface area contributed by atoms with Crippen LogP contribution in [0.5, 0.6) is 5.75 Å². The lowest BCUT2D eigenvalue weighted by atomic mass is 10.1. The van der Waals surface area contributed by atoms with Gasteiger partial charge in [-0.3, -0.25) is 10.3 Å². The Morgan fingerprint density at radius 3 is 2.67 bits per heavy atom. The number of fused-ring (bicyclic) bond motifs is 2. The third-order valence-corrected chi connectivity index (χ3v) is 4.38. The molecule has 5 heteroatoms. The first-order valence-corrected chi connectivity index (χ1v) is 8.55. The van der Waals surface area contributed by atoms with Crippen molar-refractivity contribution in [3.8, 4) is 5.75 Å². The van der Waals surface area contributed by atoms with Crippen molar-refractivity contribution in [1.29, 1.82) is 0 Å². The topological polar surface area (TPSA) is 45.6 Å². The molecular formula is C19H21ClN2O2. The van der Waals surface area contributed by atoms with E-state index >= 15 is 0 Å². The number of rotatable bonds is 6. The highest BCUT2D eigenvalue weighted by Crippen LogP contribution is 2.36. The van der Waals surface area contributed by atoms with E-state index in [9.17, 15) is 5.21 Å². The molecule has 4 nitrogen and oxygen atoms in total. The van der Waals surface area contributed by atoms with E-state index in [1.807, 2.05) is 36.4 Å². The SMILES string of the molecule is CCCCCN(O)c1c2ccc(Cl)cc2nc2ccc(OC)cc12. The molecular weight excluding hydrogens is 324 g/mol. The molecule has 0 radical (unpaired) electrons. The van der Waals surface area contributed by atoms with Gasteiger partial charge in [0.2, 0.25) is 0 Å². The predicted octanol–water partition coefficient (Wildman–Crippen LogP) is 5.44. The summed E-state index contributed by atoms with van der Waals surface area (Å²) >= 11 is 6.12. The van der Waals surface area contributed by atoms with E-state index in [2.05, 4.69) is 11.9 Å². The zero-order valence-corrected chi connectivity index (χ0v) is 14.7. The smallest absolute Gasteiger partial charge is 0.119 e. The van der Waals surface area contributed by atoms with E-state index in [1.165, 1.54) is 5.06 Å². The van der Waals surface area contributed by atoms with Crippen LogP contribution in [0.2, 0.25) is 5.02 Å². The van der Waals surface area contributed by atoms with E-state index in [4.69, 9.17) is 16.3 Å². The summed E-state index contributed by atoms with van der Waals surface area (Å²) in [5, 5.41) is 14.4. The predicted molar refractivity (Wildman–Crippen MR) is 99.5 cm³/mol. The van der Waals surface area contributed by atoms with Gasteiger partial charge in [0, 0.05) is 22.3 Å². The zero-order valence-electron chi connectivity index (χ0n) is 13.9. The molecule has 24 heavy (non-hydrogen) atoms. The third kappa shape index (κ3) is 3.25. The Kier molecular flexibility index (Phi) is 5.07. The fraction of sp³-hybridized carbons (Fsp3) is 0.316. The maximum Gasteiger partial charge on any atom is 0.119 e. The summed E-state index contributed by atoms with van der Waals surface area (Å²) in [5.41, 5.74) is 2.32. The first kappa shape index (κ1) is 16.8. The van der Waals surface area contributed by atoms with Crippen molar-refractivity contribution in [2.75, 3.05) is 18.7 Å². The summed E-state index contributed by atoms with van der Waals surface area (Å²) in [6.07, 6.45) is 3.11. The van der Waals surface area contributed by atoms with Gasteiger partial charge in [-0.15, -0.1) is 0 Å². The van der Waals surface area contributed by atoms with Gasteiger partial charge in [0.1, 0.15) is 5.75 Å². The second kappa shape index (κ2) is 7.24. The molecule has 3 rings (SSSR count). The molecule has 0 spiro atoms. The molecule has 0 unspecified atom stereocenters. The van der Waals surface area contributed by atoms with Crippen molar-refractivity contribution < 1.29 is 9.94 Å². The first-order valence-electron chi connectivity index (χ1n) is 8.17. The van der Waals surface area contributed by atoms with Gasteiger partial charge in [0.25, 0.3) is 0 Å². The van der Waals surface area contributed by atoms with Crippen LogP contribution in [0.3, 0.4) is 0 Å². The number of unbranched alkanes of at least 4 members (excludes halogenated alkanes) is 2. The lowest BCUT2D eigenvalue weighted by molar-refractivity contribution is 0.253. The number of methoxy groups -OCH3 is 1. The van der Waals surface area contributed by atoms with Gasteiger partial charge in [0.15, 0.2) is 0 Å². The standard InChI is InChI=1S/C19H21ClN2O2/c1-3-4-5-10-22(23)19-15-8-6-13(20)11-18(15)21-17-9-7-14(24-2)12-16(17)19/h6-9,11-12,23H,3-5,10H2,1-2H3. The zero-order chi connectivity index (χ0) is 17.1. The minimum atomic E-state index is 0.571. The summed E-state index contributed by atoms with van der Waals surface area (Å²) in [6, 6.07) is 11.2. The fourth-order valence-corrected chi connectivity index (χ4v) is 3.07. The fourth-order valence-electron chi connectivity index (χ4n) is 2.90. The minimum Gasteiger partial charge on any atom is -0.497 e. The van der Waals surface area contributed by atoms with Crippen molar-refractivity contribution >= 4 is 39.1 Å². The molecule has 0 atom stereocenters. The van der Waals surface area contributed by atoms with Gasteiger partial charge >= 0.3 is 0 Å². The maximum absolute atomic E-state index is 10.7. The molecule has 1 heterocycles. The molecule has 3 aromatic rings. The molecule has 0 aliphatic rings. The number of nitrogens with zero attached hydrogens (tertiary/aromatic N) is 2. The van der Waals surface area contributed by atoms with Crippen molar-refractivity contribution in [2.24, 2.45) is 0 Å². The van der Waals surface area contributed by atoms with Crippen LogP contribution in [0.1, 0.15) is 26.2 Å². The van der Waals surface area contributed by atoms with Gasteiger partial charge in [0.05, 0.1) is 23.8 Å². The summed E-state index contributed by atoms with van der Waals surface area (Å²) in [7, 11) is 1.63. The highest BCUT2D eigenvalue weighted by molar-refractivity contribution is 6.31. The number of hydrogen-bond donors (Lipinski definition) is 1. The van der Waals surface area contributed by atoms with Crippen LogP contribution >= 0.6 is 11.6 Å². The van der Waals surface area contributed by atoms with E-state index < -0.39 is 0 Å². The number of aromatic nitrogens is 1. The van der Waals surface area contributed by atoms with Crippen LogP contribution in [0, 0.1) is 0 Å². The van der Waals surface area contributed by atoms with E-state index in [0.717, 1.165) is 52.5 Å². The van der Waals surface area contributed by atoms with E-state index in [-0.39, 0.29) is 0 Å². The highest BCUT2D eigenvalue weighted by Gasteiger charge is 2.15. The third-order valence-electron chi connectivity index (χ3n) is 4.15. The number of pyridine rings is 1. The molecule has 0 amide bonds. The molecule has 0 bridgehead atoms. The lowest BCUT2D eigenvalue weighted by Crippen LogP contribution is -2.20. The van der Waals surface area contributed by atoms with Crippen LogP contribution in [0.15, 0.2) is 36.4 Å². The lowest BCUT2D eigenvalue weighted by Gasteiger charge is -2.21. The highest BCUT2D eigenvalue weighted by atomic mass is 35.5. The Labute approximate surface area is 146 Å². The van der Waals surface area contributed by atoms with Crippen molar-refractivity contribution in [3.63, 3.8) is 0 Å². The summed E-state index contributed by atoms with van der Waals surface area (Å²) in [4.78, 5) is 4.68. The quantitative estimate of drug-likeness (QED) is 0.367. The summed E-state index contributed by atoms with van der Waals surface area (Å²) < 4.78 is 5.34. The molecule has 1 N–H and O–H groups in total. The van der Waals surface area contributed by atoms with Crippen LogP contribution in [-0.4, -0.2) is 23.8 Å². The van der Waals surface area contributed by atoms with Crippen molar-refractivity contribution in [1.82, 2.24) is 4.98 Å². The minimum absolute atomic E-state index is 0.571. The van der Waals surface area contributed by atoms with Crippen LogP contribution in [0.25, 0.3) is 21.8 Å². The Bertz CT molecular complexity index is 867. The number of hydroxylamine groups is 1. The molecule has 126 valence electrons. The van der Waals surface area contributed by atoms with Gasteiger partial charge in [-0.1, -0.05) is 31.4 Å². The Morgan fingerprint density at radius 1 is 1.08 bits per heavy atom. The number of ether oxygens (including phenoxy) is 1. The largest absolute Gasteiger partial charge is 0.497 e. The number of anilines is 1. The first-order chi connectivity index (χ1) is 11.6. The Balaban J connectivity index is 2.22. The van der Waals surface area contributed by atoms with E-state index in [0.29, 0.717) is 11.6 Å². The van der Waals surface area contributed by atoms with Crippen molar-refractivity contribution in [3.05, 3.63) is 41.4 Å². The maximum atomic E-state index is 10.7. The van der Waals surface area contributed by atoms with Gasteiger partial charge < -0.3 is 4.74 Å².